The van der Waals surface area contributed by atoms with Crippen molar-refractivity contribution in [2.24, 2.45) is 7.05 Å². The maximum Gasteiger partial charge on any atom is 0.295 e. The molecule has 0 radical (unpaired) electrons. The van der Waals surface area contributed by atoms with E-state index in [2.05, 4.69) is 20.8 Å². The summed E-state index contributed by atoms with van der Waals surface area (Å²) in [5.74, 6) is 0.558. The summed E-state index contributed by atoms with van der Waals surface area (Å²) in [5.41, 5.74) is 4.52. The van der Waals surface area contributed by atoms with E-state index in [0.717, 1.165) is 33.2 Å². The van der Waals surface area contributed by atoms with Crippen LogP contribution in [0.3, 0.4) is 0 Å². The molecule has 0 aliphatic carbocycles. The maximum atomic E-state index is 12.8. The van der Waals surface area contributed by atoms with Crippen molar-refractivity contribution in [2.45, 2.75) is 0 Å². The molecule has 0 amide bonds. The number of H-pyrrole nitrogens is 1. The average Bonchev–Trinajstić information content (AvgIpc) is 3.25. The third-order valence-electron chi connectivity index (χ3n) is 4.79. The number of hydrogen-bond donors (Lipinski definition) is 1. The maximum absolute atomic E-state index is 12.8. The Kier molecular flexibility index (Phi) is 3.38. The van der Waals surface area contributed by atoms with Crippen molar-refractivity contribution in [3.8, 4) is 17.1 Å². The molecule has 0 fully saturated rings. The van der Waals surface area contributed by atoms with Gasteiger partial charge >= 0.3 is 0 Å². The summed E-state index contributed by atoms with van der Waals surface area (Å²) >= 11 is 4.92. The number of rotatable bonds is 2. The first kappa shape index (κ1) is 15.8. The molecule has 0 aliphatic heterocycles. The third kappa shape index (κ3) is 2.36. The van der Waals surface area contributed by atoms with Crippen molar-refractivity contribution < 1.29 is 4.52 Å². The van der Waals surface area contributed by atoms with Gasteiger partial charge in [0.25, 0.3) is 10.4 Å². The Morgan fingerprint density at radius 1 is 1.00 bits per heavy atom. The average molecular weight is 374 g/mol. The molecule has 5 aromatic rings. The molecule has 1 N–H and O–H groups in total. The molecule has 7 heteroatoms. The predicted octanol–water partition coefficient (Wildman–Crippen LogP) is 4.19. The van der Waals surface area contributed by atoms with E-state index in [-0.39, 0.29) is 10.4 Å². The number of nitrogens with zero attached hydrogens (tertiary/aromatic N) is 3. The van der Waals surface area contributed by atoms with Crippen molar-refractivity contribution in [3.05, 3.63) is 75.9 Å². The van der Waals surface area contributed by atoms with Crippen molar-refractivity contribution in [2.75, 3.05) is 0 Å². The summed E-state index contributed by atoms with van der Waals surface area (Å²) in [6, 6.07) is 19.1. The Balaban J connectivity index is 1.78. The van der Waals surface area contributed by atoms with E-state index in [9.17, 15) is 4.79 Å². The highest BCUT2D eigenvalue weighted by Crippen LogP contribution is 2.29. The zero-order chi connectivity index (χ0) is 18.5. The normalized spacial score (nSPS) is 11.4. The van der Waals surface area contributed by atoms with E-state index in [1.165, 1.54) is 0 Å². The zero-order valence-corrected chi connectivity index (χ0v) is 15.2. The number of aromatic nitrogens is 4. The second-order valence-corrected chi connectivity index (χ2v) is 6.68. The van der Waals surface area contributed by atoms with E-state index < -0.39 is 0 Å². The summed E-state index contributed by atoms with van der Waals surface area (Å²) in [7, 11) is 2.01. The van der Waals surface area contributed by atoms with Crippen LogP contribution in [-0.4, -0.2) is 19.3 Å². The van der Waals surface area contributed by atoms with Gasteiger partial charge in [-0.1, -0.05) is 23.4 Å². The van der Waals surface area contributed by atoms with Crippen LogP contribution in [0.4, 0.5) is 0 Å². The minimum absolute atomic E-state index is 0.0764. The van der Waals surface area contributed by atoms with Gasteiger partial charge in [0.05, 0.1) is 16.6 Å². The zero-order valence-electron chi connectivity index (χ0n) is 14.3. The summed E-state index contributed by atoms with van der Waals surface area (Å²) in [6.45, 7) is 0. The van der Waals surface area contributed by atoms with Crippen LogP contribution in [0.2, 0.25) is 0 Å². The third-order valence-corrected chi connectivity index (χ3v) is 4.97. The summed E-state index contributed by atoms with van der Waals surface area (Å²) in [4.78, 5) is 15.9. The number of hydrogen-bond acceptors (Lipinski definition) is 4. The summed E-state index contributed by atoms with van der Waals surface area (Å²) < 4.78 is 8.76. The van der Waals surface area contributed by atoms with Gasteiger partial charge in [0, 0.05) is 29.8 Å². The molecule has 0 bridgehead atoms. The first-order chi connectivity index (χ1) is 13.1. The molecule has 0 saturated heterocycles. The van der Waals surface area contributed by atoms with Crippen molar-refractivity contribution in [1.82, 2.24) is 19.3 Å². The standard InChI is InChI=1S/C20H14N4O2S/c1-23-15-5-3-2-4-14(15)18-16(23)10-11-17(25)24(18)13-8-6-12(7-9-13)19-21-20(27)26-22-19/h2-11H,1H3,(H,21,22,27). The lowest BCUT2D eigenvalue weighted by Gasteiger charge is -2.09. The lowest BCUT2D eigenvalue weighted by atomic mass is 10.1. The number of fused-ring (bicyclic) bond motifs is 3. The van der Waals surface area contributed by atoms with Gasteiger partial charge in [0.2, 0.25) is 0 Å². The highest BCUT2D eigenvalue weighted by molar-refractivity contribution is 7.71. The number of nitrogens with one attached hydrogen (secondary N) is 1. The molecule has 3 aromatic heterocycles. The fraction of sp³-hybridized carbons (Fsp3) is 0.0500. The fourth-order valence-corrected chi connectivity index (χ4v) is 3.67. The van der Waals surface area contributed by atoms with Crippen LogP contribution in [0.15, 0.2) is 70.0 Å². The van der Waals surface area contributed by atoms with Crippen LogP contribution in [0, 0.1) is 4.84 Å². The van der Waals surface area contributed by atoms with Gasteiger partial charge in [-0.2, -0.15) is 0 Å². The molecular weight excluding hydrogens is 360 g/mol. The number of para-hydroxylation sites is 1. The monoisotopic (exact) mass is 374 g/mol. The predicted molar refractivity (Wildman–Crippen MR) is 107 cm³/mol. The van der Waals surface area contributed by atoms with E-state index in [1.807, 2.05) is 55.6 Å². The van der Waals surface area contributed by atoms with Crippen LogP contribution in [0.1, 0.15) is 0 Å². The number of aryl methyl sites for hydroxylation is 1. The molecule has 0 atom stereocenters. The lowest BCUT2D eigenvalue weighted by Crippen LogP contribution is -2.17. The molecule has 3 heterocycles. The molecule has 2 aromatic carbocycles. The van der Waals surface area contributed by atoms with Gasteiger partial charge in [-0.05, 0) is 48.6 Å². The van der Waals surface area contributed by atoms with Crippen LogP contribution in [0.25, 0.3) is 39.0 Å². The van der Waals surface area contributed by atoms with Crippen molar-refractivity contribution >= 4 is 34.2 Å². The summed E-state index contributed by atoms with van der Waals surface area (Å²) in [5, 5.41) is 4.93. The van der Waals surface area contributed by atoms with E-state index in [4.69, 9.17) is 16.7 Å². The Morgan fingerprint density at radius 2 is 1.78 bits per heavy atom. The lowest BCUT2D eigenvalue weighted by molar-refractivity contribution is 0.406. The largest absolute Gasteiger partial charge is 0.342 e. The minimum atomic E-state index is -0.0764. The van der Waals surface area contributed by atoms with Gasteiger partial charge < -0.3 is 9.09 Å². The van der Waals surface area contributed by atoms with Crippen molar-refractivity contribution in [1.29, 1.82) is 0 Å². The molecule has 5 rings (SSSR count). The molecule has 0 spiro atoms. The second-order valence-electron chi connectivity index (χ2n) is 6.31. The van der Waals surface area contributed by atoms with Crippen LogP contribution in [-0.2, 0) is 7.05 Å². The van der Waals surface area contributed by atoms with Gasteiger partial charge in [-0.3, -0.25) is 14.3 Å². The molecule has 0 unspecified atom stereocenters. The number of benzene rings is 2. The molecule has 0 saturated carbocycles. The van der Waals surface area contributed by atoms with Gasteiger partial charge in [0.15, 0.2) is 5.82 Å². The Labute approximate surface area is 158 Å². The van der Waals surface area contributed by atoms with Crippen LogP contribution >= 0.6 is 12.2 Å². The molecule has 6 nitrogen and oxygen atoms in total. The van der Waals surface area contributed by atoms with Gasteiger partial charge in [-0.15, -0.1) is 0 Å². The Hall–Kier alpha value is -3.45. The highest BCUT2D eigenvalue weighted by Gasteiger charge is 2.14. The Bertz CT molecular complexity index is 1420. The number of pyridine rings is 1. The molecule has 132 valence electrons. The quantitative estimate of drug-likeness (QED) is 0.470. The fourth-order valence-electron chi connectivity index (χ4n) is 3.53. The Morgan fingerprint density at radius 3 is 2.52 bits per heavy atom. The minimum Gasteiger partial charge on any atom is -0.342 e. The topological polar surface area (TPSA) is 68.8 Å². The summed E-state index contributed by atoms with van der Waals surface area (Å²) in [6.07, 6.45) is 0. The SMILES string of the molecule is Cn1c2ccccc2c2c1ccc(=O)n2-c1ccc(-c2noc(=S)[nH]2)cc1. The van der Waals surface area contributed by atoms with Crippen LogP contribution < -0.4 is 5.56 Å². The van der Waals surface area contributed by atoms with E-state index in [1.54, 1.807) is 10.6 Å². The number of aromatic amines is 1. The van der Waals surface area contributed by atoms with E-state index in [0.29, 0.717) is 5.82 Å². The van der Waals surface area contributed by atoms with Gasteiger partial charge in [0.1, 0.15) is 0 Å². The highest BCUT2D eigenvalue weighted by atomic mass is 32.1. The molecular formula is C20H14N4O2S. The van der Waals surface area contributed by atoms with Crippen molar-refractivity contribution in [3.63, 3.8) is 0 Å². The molecule has 27 heavy (non-hydrogen) atoms. The molecule has 0 aliphatic rings. The van der Waals surface area contributed by atoms with E-state index >= 15 is 0 Å². The second kappa shape index (κ2) is 5.78. The van der Waals surface area contributed by atoms with Gasteiger partial charge in [-0.25, -0.2) is 0 Å². The first-order valence-electron chi connectivity index (χ1n) is 8.39. The first-order valence-corrected chi connectivity index (χ1v) is 8.80. The van der Waals surface area contributed by atoms with Crippen LogP contribution in [0.5, 0.6) is 0 Å². The smallest absolute Gasteiger partial charge is 0.295 e.